The van der Waals surface area contributed by atoms with Gasteiger partial charge < -0.3 is 10.8 Å². The van der Waals surface area contributed by atoms with Gasteiger partial charge in [-0.25, -0.2) is 8.78 Å². The van der Waals surface area contributed by atoms with Crippen molar-refractivity contribution in [2.75, 3.05) is 0 Å². The van der Waals surface area contributed by atoms with Gasteiger partial charge in [0, 0.05) is 4.47 Å². The molecule has 0 fully saturated rings. The van der Waals surface area contributed by atoms with Crippen LogP contribution in [0.3, 0.4) is 0 Å². The molecule has 1 atom stereocenters. The summed E-state index contributed by atoms with van der Waals surface area (Å²) in [6.07, 6.45) is -1.97. The van der Waals surface area contributed by atoms with Gasteiger partial charge in [-0.15, -0.1) is 0 Å². The molecule has 0 heterocycles. The number of benzene rings is 1. The summed E-state index contributed by atoms with van der Waals surface area (Å²) in [6, 6.07) is 1.87. The van der Waals surface area contributed by atoms with Crippen LogP contribution in [0, 0.1) is 11.6 Å². The number of hydrogen-bond acceptors (Lipinski definition) is 2. The summed E-state index contributed by atoms with van der Waals surface area (Å²) in [6.45, 7) is 0. The summed E-state index contributed by atoms with van der Waals surface area (Å²) >= 11 is 2.86. The molecular formula is C8H6BrF2NO2. The maximum atomic E-state index is 13.1. The van der Waals surface area contributed by atoms with E-state index in [2.05, 4.69) is 15.9 Å². The zero-order valence-electron chi connectivity index (χ0n) is 6.80. The molecule has 14 heavy (non-hydrogen) atoms. The minimum absolute atomic E-state index is 0.174. The third-order valence-electron chi connectivity index (χ3n) is 1.59. The first-order chi connectivity index (χ1) is 6.43. The van der Waals surface area contributed by atoms with Crippen LogP contribution >= 0.6 is 15.9 Å². The Morgan fingerprint density at radius 3 is 2.21 bits per heavy atom. The smallest absolute Gasteiger partial charge is 0.251 e. The van der Waals surface area contributed by atoms with Crippen LogP contribution in [0.4, 0.5) is 8.78 Å². The van der Waals surface area contributed by atoms with E-state index in [9.17, 15) is 13.6 Å². The van der Waals surface area contributed by atoms with Crippen LogP contribution in [0.1, 0.15) is 11.7 Å². The Bertz CT molecular complexity index is 361. The molecule has 1 rings (SSSR count). The molecule has 0 aliphatic carbocycles. The van der Waals surface area contributed by atoms with Gasteiger partial charge in [0.2, 0.25) is 0 Å². The van der Waals surface area contributed by atoms with Crippen LogP contribution < -0.4 is 5.73 Å². The maximum Gasteiger partial charge on any atom is 0.251 e. The third kappa shape index (κ3) is 2.08. The van der Waals surface area contributed by atoms with Gasteiger partial charge in [-0.2, -0.15) is 0 Å². The second-order valence-electron chi connectivity index (χ2n) is 2.59. The number of rotatable bonds is 2. The number of halogens is 3. The molecule has 3 nitrogen and oxygen atoms in total. The fourth-order valence-corrected chi connectivity index (χ4v) is 1.36. The molecule has 0 spiro atoms. The molecule has 76 valence electrons. The van der Waals surface area contributed by atoms with E-state index in [1.54, 1.807) is 0 Å². The summed E-state index contributed by atoms with van der Waals surface area (Å²) in [5, 5.41) is 9.08. The molecule has 0 aliphatic rings. The highest BCUT2D eigenvalue weighted by Crippen LogP contribution is 2.24. The number of primary amides is 1. The molecule has 0 saturated carbocycles. The summed E-state index contributed by atoms with van der Waals surface area (Å²) in [7, 11) is 0. The Morgan fingerprint density at radius 1 is 1.43 bits per heavy atom. The number of aliphatic hydroxyl groups excluding tert-OH is 1. The lowest BCUT2D eigenvalue weighted by Gasteiger charge is -2.09. The van der Waals surface area contributed by atoms with E-state index < -0.39 is 29.2 Å². The molecule has 0 bridgehead atoms. The molecule has 0 aromatic heterocycles. The van der Waals surface area contributed by atoms with Crippen molar-refractivity contribution < 1.29 is 18.7 Å². The predicted molar refractivity (Wildman–Crippen MR) is 48.2 cm³/mol. The van der Waals surface area contributed by atoms with Gasteiger partial charge in [0.25, 0.3) is 5.91 Å². The lowest BCUT2D eigenvalue weighted by atomic mass is 10.1. The Hall–Kier alpha value is -1.01. The van der Waals surface area contributed by atoms with Crippen LogP contribution in [-0.4, -0.2) is 11.0 Å². The molecule has 0 radical (unpaired) electrons. The molecule has 1 aromatic carbocycles. The Balaban J connectivity index is 3.27. The molecule has 1 amide bonds. The summed E-state index contributed by atoms with van der Waals surface area (Å²) in [4.78, 5) is 10.5. The Morgan fingerprint density at radius 2 is 1.86 bits per heavy atom. The van der Waals surface area contributed by atoms with Crippen molar-refractivity contribution in [2.45, 2.75) is 6.10 Å². The van der Waals surface area contributed by atoms with Gasteiger partial charge in [-0.05, 0) is 12.1 Å². The first-order valence-corrected chi connectivity index (χ1v) is 4.34. The highest BCUT2D eigenvalue weighted by Gasteiger charge is 2.22. The second kappa shape index (κ2) is 4.02. The zero-order valence-corrected chi connectivity index (χ0v) is 8.38. The minimum Gasteiger partial charge on any atom is -0.378 e. The summed E-state index contributed by atoms with van der Waals surface area (Å²) < 4.78 is 26.3. The van der Waals surface area contributed by atoms with Crippen LogP contribution in [0.25, 0.3) is 0 Å². The van der Waals surface area contributed by atoms with E-state index in [4.69, 9.17) is 10.8 Å². The highest BCUT2D eigenvalue weighted by atomic mass is 79.9. The summed E-state index contributed by atoms with van der Waals surface area (Å²) in [5.74, 6) is -3.25. The molecule has 3 N–H and O–H groups in total. The molecular weight excluding hydrogens is 260 g/mol. The van der Waals surface area contributed by atoms with Crippen LogP contribution in [0.5, 0.6) is 0 Å². The molecule has 0 saturated heterocycles. The van der Waals surface area contributed by atoms with Gasteiger partial charge in [0.1, 0.15) is 11.6 Å². The Kier molecular flexibility index (Phi) is 3.17. The van der Waals surface area contributed by atoms with E-state index in [0.717, 1.165) is 12.1 Å². The zero-order chi connectivity index (χ0) is 10.9. The van der Waals surface area contributed by atoms with Crippen molar-refractivity contribution in [2.24, 2.45) is 5.73 Å². The van der Waals surface area contributed by atoms with Gasteiger partial charge >= 0.3 is 0 Å². The van der Waals surface area contributed by atoms with Crippen LogP contribution in [0.2, 0.25) is 0 Å². The van der Waals surface area contributed by atoms with E-state index in [1.165, 1.54) is 0 Å². The van der Waals surface area contributed by atoms with E-state index in [-0.39, 0.29) is 4.47 Å². The quantitative estimate of drug-likeness (QED) is 0.846. The standard InChI is InChI=1S/C8H6BrF2NO2/c9-3-1-4(10)6(5(11)2-3)7(13)8(12)14/h1-2,7,13H,(H2,12,14). The van der Waals surface area contributed by atoms with Crippen molar-refractivity contribution in [1.29, 1.82) is 0 Å². The summed E-state index contributed by atoms with van der Waals surface area (Å²) in [5.41, 5.74) is 3.97. The number of aliphatic hydroxyl groups is 1. The Labute approximate surface area is 86.7 Å². The van der Waals surface area contributed by atoms with Crippen LogP contribution in [-0.2, 0) is 4.79 Å². The average Bonchev–Trinajstić information content (AvgIpc) is 2.01. The van der Waals surface area contributed by atoms with Gasteiger partial charge in [-0.3, -0.25) is 4.79 Å². The van der Waals surface area contributed by atoms with Gasteiger partial charge in [-0.1, -0.05) is 15.9 Å². The first-order valence-electron chi connectivity index (χ1n) is 3.55. The number of amides is 1. The fraction of sp³-hybridized carbons (Fsp3) is 0.125. The van der Waals surface area contributed by atoms with Crippen molar-refractivity contribution in [1.82, 2.24) is 0 Å². The van der Waals surface area contributed by atoms with E-state index in [1.807, 2.05) is 0 Å². The van der Waals surface area contributed by atoms with Crippen molar-refractivity contribution >= 4 is 21.8 Å². The number of hydrogen-bond donors (Lipinski definition) is 2. The lowest BCUT2D eigenvalue weighted by molar-refractivity contribution is -0.126. The first kappa shape index (κ1) is 11.1. The monoisotopic (exact) mass is 265 g/mol. The highest BCUT2D eigenvalue weighted by molar-refractivity contribution is 9.10. The number of carbonyl (C=O) groups excluding carboxylic acids is 1. The van der Waals surface area contributed by atoms with Crippen molar-refractivity contribution in [3.8, 4) is 0 Å². The molecule has 6 heteroatoms. The van der Waals surface area contributed by atoms with Crippen LogP contribution in [0.15, 0.2) is 16.6 Å². The number of carbonyl (C=O) groups is 1. The predicted octanol–water partition coefficient (Wildman–Crippen LogP) is 1.25. The lowest BCUT2D eigenvalue weighted by Crippen LogP contribution is -2.22. The van der Waals surface area contributed by atoms with Gasteiger partial charge in [0.15, 0.2) is 6.10 Å². The average molecular weight is 266 g/mol. The van der Waals surface area contributed by atoms with E-state index >= 15 is 0 Å². The SMILES string of the molecule is NC(=O)C(O)c1c(F)cc(Br)cc1F. The van der Waals surface area contributed by atoms with Gasteiger partial charge in [0.05, 0.1) is 5.56 Å². The van der Waals surface area contributed by atoms with E-state index in [0.29, 0.717) is 0 Å². The maximum absolute atomic E-state index is 13.1. The third-order valence-corrected chi connectivity index (χ3v) is 2.04. The fourth-order valence-electron chi connectivity index (χ4n) is 0.957. The number of nitrogens with two attached hydrogens (primary N) is 1. The molecule has 1 unspecified atom stereocenters. The molecule has 1 aromatic rings. The minimum atomic E-state index is -1.97. The van der Waals surface area contributed by atoms with Crippen molar-refractivity contribution in [3.63, 3.8) is 0 Å². The molecule has 0 aliphatic heterocycles. The topological polar surface area (TPSA) is 63.3 Å². The normalized spacial score (nSPS) is 12.6. The van der Waals surface area contributed by atoms with Crippen molar-refractivity contribution in [3.05, 3.63) is 33.8 Å². The largest absolute Gasteiger partial charge is 0.378 e. The second-order valence-corrected chi connectivity index (χ2v) is 3.50.